The molecule has 2 heterocycles. The average Bonchev–Trinajstić information content (AvgIpc) is 2.92. The lowest BCUT2D eigenvalue weighted by Gasteiger charge is -2.15. The third-order valence-corrected chi connectivity index (χ3v) is 4.45. The molecule has 0 amide bonds. The minimum atomic E-state index is 0.580. The average molecular weight is 280 g/mol. The number of anilines is 1. The number of benzene rings is 2. The van der Waals surface area contributed by atoms with Gasteiger partial charge in [-0.1, -0.05) is 24.3 Å². The molecule has 0 fully saturated rings. The van der Waals surface area contributed by atoms with E-state index in [4.69, 9.17) is 15.5 Å². The van der Waals surface area contributed by atoms with Crippen LogP contribution in [0.3, 0.4) is 0 Å². The molecule has 0 aliphatic carbocycles. The molecule has 3 nitrogen and oxygen atoms in total. The second-order valence-electron chi connectivity index (χ2n) is 4.66. The molecule has 20 heavy (non-hydrogen) atoms. The smallest absolute Gasteiger partial charge is 0.129 e. The van der Waals surface area contributed by atoms with Gasteiger partial charge in [0.1, 0.15) is 17.4 Å². The van der Waals surface area contributed by atoms with E-state index in [1.54, 1.807) is 11.3 Å². The number of fused-ring (bicyclic) bond motifs is 3. The van der Waals surface area contributed by atoms with Crippen molar-refractivity contribution in [3.8, 4) is 27.6 Å². The maximum Gasteiger partial charge on any atom is 0.129 e. The molecule has 0 bridgehead atoms. The molecule has 0 radical (unpaired) electrons. The van der Waals surface area contributed by atoms with Crippen molar-refractivity contribution in [2.75, 3.05) is 5.73 Å². The minimum absolute atomic E-state index is 0.580. The zero-order chi connectivity index (χ0) is 13.5. The van der Waals surface area contributed by atoms with Crippen LogP contribution in [0.1, 0.15) is 4.88 Å². The third kappa shape index (κ3) is 1.69. The zero-order valence-corrected chi connectivity index (χ0v) is 11.5. The van der Waals surface area contributed by atoms with Gasteiger partial charge >= 0.3 is 0 Å². The van der Waals surface area contributed by atoms with Crippen molar-refractivity contribution in [3.05, 3.63) is 53.4 Å². The molecule has 1 aliphatic rings. The van der Waals surface area contributed by atoms with Crippen LogP contribution in [0.15, 0.2) is 48.5 Å². The van der Waals surface area contributed by atoms with E-state index in [1.807, 2.05) is 48.5 Å². The van der Waals surface area contributed by atoms with Gasteiger partial charge in [-0.3, -0.25) is 0 Å². The summed E-state index contributed by atoms with van der Waals surface area (Å²) in [5, 5.41) is 0.952. The molecule has 2 N–H and O–H groups in total. The topological polar surface area (TPSA) is 48.1 Å². The Hall–Kier alpha value is -2.33. The summed E-state index contributed by atoms with van der Waals surface area (Å²) in [6.07, 6.45) is 0. The maximum atomic E-state index is 6.04. The lowest BCUT2D eigenvalue weighted by molar-refractivity contribution is 0.305. The Labute approximate surface area is 120 Å². The van der Waals surface area contributed by atoms with Gasteiger partial charge in [0.15, 0.2) is 0 Å². The van der Waals surface area contributed by atoms with E-state index in [2.05, 4.69) is 0 Å². The summed E-state index contributed by atoms with van der Waals surface area (Å²) in [5.74, 6) is 0.901. The first kappa shape index (κ1) is 11.5. The standard InChI is InChI=1S/C16H12N2OS/c17-12-7-3-1-5-10(12)16-18-15-11-6-2-4-8-13(11)19-9-14(15)20-16/h1-8H,9,17H2. The van der Waals surface area contributed by atoms with Crippen molar-refractivity contribution in [2.24, 2.45) is 0 Å². The Morgan fingerprint density at radius 3 is 2.60 bits per heavy atom. The van der Waals surface area contributed by atoms with E-state index in [-0.39, 0.29) is 0 Å². The second-order valence-corrected chi connectivity index (χ2v) is 5.75. The first-order valence-corrected chi connectivity index (χ1v) is 7.21. The highest BCUT2D eigenvalue weighted by molar-refractivity contribution is 7.15. The van der Waals surface area contributed by atoms with Gasteiger partial charge in [-0.25, -0.2) is 4.98 Å². The molecule has 0 saturated heterocycles. The highest BCUT2D eigenvalue weighted by Crippen LogP contribution is 2.42. The molecule has 0 spiro atoms. The molecule has 0 saturated carbocycles. The minimum Gasteiger partial charge on any atom is -0.487 e. The number of ether oxygens (including phenoxy) is 1. The third-order valence-electron chi connectivity index (χ3n) is 3.39. The van der Waals surface area contributed by atoms with Crippen molar-refractivity contribution in [2.45, 2.75) is 6.61 Å². The summed E-state index contributed by atoms with van der Waals surface area (Å²) in [4.78, 5) is 5.94. The van der Waals surface area contributed by atoms with Crippen LogP contribution in [0, 0.1) is 0 Å². The van der Waals surface area contributed by atoms with Crippen LogP contribution in [0.5, 0.6) is 5.75 Å². The molecule has 4 heteroatoms. The van der Waals surface area contributed by atoms with Crippen LogP contribution in [0.25, 0.3) is 21.8 Å². The first-order valence-electron chi connectivity index (χ1n) is 6.40. The van der Waals surface area contributed by atoms with Gasteiger partial charge in [-0.2, -0.15) is 0 Å². The van der Waals surface area contributed by atoms with Crippen LogP contribution < -0.4 is 10.5 Å². The van der Waals surface area contributed by atoms with E-state index in [0.29, 0.717) is 6.61 Å². The summed E-state index contributed by atoms with van der Waals surface area (Å²) in [6.45, 7) is 0.580. The number of hydrogen-bond acceptors (Lipinski definition) is 4. The number of para-hydroxylation sites is 2. The fraction of sp³-hybridized carbons (Fsp3) is 0.0625. The summed E-state index contributed by atoms with van der Waals surface area (Å²) in [7, 11) is 0. The summed E-state index contributed by atoms with van der Waals surface area (Å²) in [5.41, 5.74) is 9.87. The van der Waals surface area contributed by atoms with Crippen molar-refractivity contribution >= 4 is 17.0 Å². The van der Waals surface area contributed by atoms with E-state index in [9.17, 15) is 0 Å². The highest BCUT2D eigenvalue weighted by atomic mass is 32.1. The molecular weight excluding hydrogens is 268 g/mol. The fourth-order valence-corrected chi connectivity index (χ4v) is 3.43. The Morgan fingerprint density at radius 2 is 1.75 bits per heavy atom. The highest BCUT2D eigenvalue weighted by Gasteiger charge is 2.22. The molecular formula is C16H12N2OS. The van der Waals surface area contributed by atoms with Crippen LogP contribution in [-0.2, 0) is 6.61 Å². The number of nitrogens with zero attached hydrogens (tertiary/aromatic N) is 1. The van der Waals surface area contributed by atoms with Gasteiger partial charge < -0.3 is 10.5 Å². The van der Waals surface area contributed by atoms with E-state index < -0.39 is 0 Å². The number of rotatable bonds is 1. The maximum absolute atomic E-state index is 6.04. The van der Waals surface area contributed by atoms with Crippen molar-refractivity contribution in [1.29, 1.82) is 0 Å². The summed E-state index contributed by atoms with van der Waals surface area (Å²) >= 11 is 1.65. The van der Waals surface area contributed by atoms with Gasteiger partial charge in [-0.15, -0.1) is 11.3 Å². The van der Waals surface area contributed by atoms with Crippen molar-refractivity contribution < 1.29 is 4.74 Å². The van der Waals surface area contributed by atoms with E-state index in [0.717, 1.165) is 38.1 Å². The number of hydrogen-bond donors (Lipinski definition) is 1. The molecule has 3 aromatic rings. The number of nitrogen functional groups attached to an aromatic ring is 1. The van der Waals surface area contributed by atoms with Gasteiger partial charge in [0, 0.05) is 16.8 Å². The monoisotopic (exact) mass is 280 g/mol. The zero-order valence-electron chi connectivity index (χ0n) is 10.7. The predicted octanol–water partition coefficient (Wildman–Crippen LogP) is 3.95. The number of aromatic nitrogens is 1. The van der Waals surface area contributed by atoms with E-state index in [1.165, 1.54) is 0 Å². The molecule has 98 valence electrons. The Balaban J connectivity index is 1.89. The lowest BCUT2D eigenvalue weighted by Crippen LogP contribution is -2.02. The van der Waals surface area contributed by atoms with Gasteiger partial charge in [-0.05, 0) is 24.3 Å². The SMILES string of the molecule is Nc1ccccc1-c1nc2c(s1)COc1ccccc1-2. The largest absolute Gasteiger partial charge is 0.487 e. The number of nitrogens with two attached hydrogens (primary N) is 1. The van der Waals surface area contributed by atoms with Crippen LogP contribution >= 0.6 is 11.3 Å². The second kappa shape index (κ2) is 4.35. The summed E-state index contributed by atoms with van der Waals surface area (Å²) in [6, 6.07) is 15.8. The Morgan fingerprint density at radius 1 is 1.00 bits per heavy atom. The lowest BCUT2D eigenvalue weighted by atomic mass is 10.1. The van der Waals surface area contributed by atoms with Gasteiger partial charge in [0.2, 0.25) is 0 Å². The quantitative estimate of drug-likeness (QED) is 0.686. The first-order chi connectivity index (χ1) is 9.83. The molecule has 2 aromatic carbocycles. The molecule has 1 aliphatic heterocycles. The van der Waals surface area contributed by atoms with Gasteiger partial charge in [0.25, 0.3) is 0 Å². The summed E-state index contributed by atoms with van der Waals surface area (Å²) < 4.78 is 5.77. The molecule has 4 rings (SSSR count). The fourth-order valence-electron chi connectivity index (χ4n) is 2.40. The normalized spacial score (nSPS) is 12.4. The Kier molecular flexibility index (Phi) is 2.50. The van der Waals surface area contributed by atoms with Gasteiger partial charge in [0.05, 0.1) is 10.6 Å². The number of thiazole rings is 1. The molecule has 0 unspecified atom stereocenters. The Bertz CT molecular complexity index is 795. The van der Waals surface area contributed by atoms with E-state index >= 15 is 0 Å². The van der Waals surface area contributed by atoms with Crippen molar-refractivity contribution in [3.63, 3.8) is 0 Å². The predicted molar refractivity (Wildman–Crippen MR) is 81.7 cm³/mol. The molecule has 1 aromatic heterocycles. The van der Waals surface area contributed by atoms with Crippen LogP contribution in [-0.4, -0.2) is 4.98 Å². The van der Waals surface area contributed by atoms with Crippen LogP contribution in [0.2, 0.25) is 0 Å². The van der Waals surface area contributed by atoms with Crippen molar-refractivity contribution in [1.82, 2.24) is 4.98 Å². The van der Waals surface area contributed by atoms with Crippen LogP contribution in [0.4, 0.5) is 5.69 Å². The molecule has 0 atom stereocenters.